The normalized spacial score (nSPS) is 14.3. The van der Waals surface area contributed by atoms with Crippen molar-refractivity contribution in [2.75, 3.05) is 26.2 Å². The predicted octanol–water partition coefficient (Wildman–Crippen LogP) is 2.39. The Labute approximate surface area is 148 Å². The summed E-state index contributed by atoms with van der Waals surface area (Å²) in [7, 11) is 0. The number of nitrogens with one attached hydrogen (secondary N) is 1. The third-order valence-corrected chi connectivity index (χ3v) is 4.29. The second-order valence-electron chi connectivity index (χ2n) is 7.24. The van der Waals surface area contributed by atoms with E-state index in [1.54, 1.807) is 16.7 Å². The van der Waals surface area contributed by atoms with E-state index in [4.69, 9.17) is 4.74 Å². The van der Waals surface area contributed by atoms with Crippen molar-refractivity contribution in [1.29, 1.82) is 0 Å². The van der Waals surface area contributed by atoms with E-state index in [1.165, 1.54) is 0 Å². The molecule has 0 saturated heterocycles. The van der Waals surface area contributed by atoms with Crippen molar-refractivity contribution in [2.45, 2.75) is 46.6 Å². The molecule has 2 rings (SSSR count). The van der Waals surface area contributed by atoms with Gasteiger partial charge >= 0.3 is 6.09 Å². The second-order valence-corrected chi connectivity index (χ2v) is 7.24. The fourth-order valence-electron chi connectivity index (χ4n) is 2.94. The van der Waals surface area contributed by atoms with Crippen molar-refractivity contribution in [2.24, 2.45) is 0 Å². The van der Waals surface area contributed by atoms with Crippen LogP contribution in [0.4, 0.5) is 4.79 Å². The van der Waals surface area contributed by atoms with Gasteiger partial charge in [0.1, 0.15) is 5.60 Å². The Hall–Kier alpha value is -2.31. The molecule has 1 N–H and O–H groups in total. The highest BCUT2D eigenvalue weighted by molar-refractivity contribution is 6.00. The van der Waals surface area contributed by atoms with Crippen LogP contribution in [0.3, 0.4) is 0 Å². The maximum atomic E-state index is 12.7. The first-order valence-electron chi connectivity index (χ1n) is 8.61. The van der Waals surface area contributed by atoms with Crippen LogP contribution in [-0.4, -0.2) is 64.9 Å². The van der Waals surface area contributed by atoms with Gasteiger partial charge in [0.2, 0.25) is 0 Å². The number of H-pyrrole nitrogens is 1. The zero-order valence-corrected chi connectivity index (χ0v) is 15.6. The molecule has 2 amide bonds. The Balaban J connectivity index is 2.03. The number of aromatic amines is 1. The van der Waals surface area contributed by atoms with Crippen LogP contribution < -0.4 is 0 Å². The Kier molecular flexibility index (Phi) is 5.55. The Morgan fingerprint density at radius 3 is 2.64 bits per heavy atom. The molecule has 0 atom stereocenters. The zero-order chi connectivity index (χ0) is 18.8. The number of aromatic nitrogens is 1. The summed E-state index contributed by atoms with van der Waals surface area (Å²) in [6, 6.07) is 0. The molecule has 0 aromatic carbocycles. The molecule has 0 unspecified atom stereocenters. The number of hydrogen-bond donors (Lipinski definition) is 1. The van der Waals surface area contributed by atoms with Crippen LogP contribution in [0, 0.1) is 6.92 Å². The van der Waals surface area contributed by atoms with Crippen LogP contribution >= 0.6 is 0 Å². The van der Waals surface area contributed by atoms with E-state index in [-0.39, 0.29) is 12.0 Å². The van der Waals surface area contributed by atoms with E-state index < -0.39 is 5.60 Å². The second kappa shape index (κ2) is 7.29. The summed E-state index contributed by atoms with van der Waals surface area (Å²) in [5.74, 6) is -0.0941. The van der Waals surface area contributed by atoms with E-state index in [0.29, 0.717) is 49.4 Å². The largest absolute Gasteiger partial charge is 0.444 e. The lowest BCUT2D eigenvalue weighted by Gasteiger charge is -2.31. The molecular weight excluding hydrogens is 322 g/mol. The Bertz CT molecular complexity index is 673. The van der Waals surface area contributed by atoms with Crippen LogP contribution in [0.2, 0.25) is 0 Å². The van der Waals surface area contributed by atoms with Gasteiger partial charge in [-0.2, -0.15) is 0 Å². The SMILES string of the molecule is CCN(CCN1CCc2[nH]c(C=O)c(C)c2C1=O)C(=O)OC(C)(C)C. The van der Waals surface area contributed by atoms with Crippen LogP contribution in [0.25, 0.3) is 0 Å². The minimum absolute atomic E-state index is 0.0941. The van der Waals surface area contributed by atoms with Gasteiger partial charge in [-0.1, -0.05) is 0 Å². The van der Waals surface area contributed by atoms with E-state index >= 15 is 0 Å². The first-order chi connectivity index (χ1) is 11.7. The van der Waals surface area contributed by atoms with Gasteiger partial charge in [0.15, 0.2) is 6.29 Å². The van der Waals surface area contributed by atoms with Gasteiger partial charge in [-0.05, 0) is 40.2 Å². The summed E-state index contributed by atoms with van der Waals surface area (Å²) in [4.78, 5) is 42.3. The average Bonchev–Trinajstić information content (AvgIpc) is 2.85. The molecule has 2 heterocycles. The molecule has 1 aromatic heterocycles. The number of rotatable bonds is 5. The van der Waals surface area contributed by atoms with Crippen molar-refractivity contribution in [3.05, 3.63) is 22.5 Å². The van der Waals surface area contributed by atoms with Crippen molar-refractivity contribution >= 4 is 18.3 Å². The summed E-state index contributed by atoms with van der Waals surface area (Å²) < 4.78 is 5.39. The molecule has 0 saturated carbocycles. The van der Waals surface area contributed by atoms with E-state index in [0.717, 1.165) is 12.0 Å². The monoisotopic (exact) mass is 349 g/mol. The van der Waals surface area contributed by atoms with Crippen LogP contribution in [-0.2, 0) is 11.2 Å². The highest BCUT2D eigenvalue weighted by atomic mass is 16.6. The van der Waals surface area contributed by atoms with Crippen molar-refractivity contribution < 1.29 is 19.1 Å². The molecule has 0 spiro atoms. The number of fused-ring (bicyclic) bond motifs is 1. The number of carbonyl (C=O) groups excluding carboxylic acids is 3. The zero-order valence-electron chi connectivity index (χ0n) is 15.6. The van der Waals surface area contributed by atoms with Crippen molar-refractivity contribution in [3.63, 3.8) is 0 Å². The van der Waals surface area contributed by atoms with Gasteiger partial charge in [-0.25, -0.2) is 4.79 Å². The summed E-state index contributed by atoms with van der Waals surface area (Å²) in [5.41, 5.74) is 2.02. The molecule has 7 nitrogen and oxygen atoms in total. The molecule has 0 radical (unpaired) electrons. The molecule has 1 aliphatic heterocycles. The fraction of sp³-hybridized carbons (Fsp3) is 0.611. The first-order valence-corrected chi connectivity index (χ1v) is 8.61. The molecule has 25 heavy (non-hydrogen) atoms. The molecular formula is C18H27N3O4. The number of amides is 2. The Morgan fingerprint density at radius 2 is 2.08 bits per heavy atom. The minimum atomic E-state index is -0.548. The molecule has 7 heteroatoms. The maximum absolute atomic E-state index is 12.7. The van der Waals surface area contributed by atoms with Gasteiger partial charge in [0, 0.05) is 38.3 Å². The molecule has 1 aromatic rings. The quantitative estimate of drug-likeness (QED) is 0.828. The van der Waals surface area contributed by atoms with Gasteiger partial charge in [0.25, 0.3) is 5.91 Å². The fourth-order valence-corrected chi connectivity index (χ4v) is 2.94. The number of aldehydes is 1. The number of ether oxygens (including phenoxy) is 1. The standard InChI is InChI=1S/C18H27N3O4/c1-6-20(17(24)25-18(3,4)5)9-10-21-8-7-13-15(16(21)23)12(2)14(11-22)19-13/h11,19H,6-10H2,1-5H3. The lowest BCUT2D eigenvalue weighted by Crippen LogP contribution is -2.45. The van der Waals surface area contributed by atoms with Crippen molar-refractivity contribution in [1.82, 2.24) is 14.8 Å². The van der Waals surface area contributed by atoms with Crippen LogP contribution in [0.1, 0.15) is 59.8 Å². The number of hydrogen-bond acceptors (Lipinski definition) is 4. The van der Waals surface area contributed by atoms with Crippen LogP contribution in [0.15, 0.2) is 0 Å². The highest BCUT2D eigenvalue weighted by Gasteiger charge is 2.30. The van der Waals surface area contributed by atoms with E-state index in [2.05, 4.69) is 4.98 Å². The maximum Gasteiger partial charge on any atom is 0.410 e. The van der Waals surface area contributed by atoms with Crippen LogP contribution in [0.5, 0.6) is 0 Å². The predicted molar refractivity (Wildman–Crippen MR) is 94.0 cm³/mol. The number of carbonyl (C=O) groups is 3. The molecule has 0 fully saturated rings. The number of likely N-dealkylation sites (N-methyl/N-ethyl adjacent to an activating group) is 1. The smallest absolute Gasteiger partial charge is 0.410 e. The van der Waals surface area contributed by atoms with Gasteiger partial charge in [-0.3, -0.25) is 9.59 Å². The lowest BCUT2D eigenvalue weighted by molar-refractivity contribution is 0.0237. The summed E-state index contributed by atoms with van der Waals surface area (Å²) >= 11 is 0. The summed E-state index contributed by atoms with van der Waals surface area (Å²) in [6.07, 6.45) is 1.04. The Morgan fingerprint density at radius 1 is 1.40 bits per heavy atom. The molecule has 0 bridgehead atoms. The van der Waals surface area contributed by atoms with Gasteiger partial charge in [-0.15, -0.1) is 0 Å². The molecule has 138 valence electrons. The topological polar surface area (TPSA) is 82.7 Å². The summed E-state index contributed by atoms with van der Waals surface area (Å²) in [6.45, 7) is 11.1. The number of nitrogens with zero attached hydrogens (tertiary/aromatic N) is 2. The lowest BCUT2D eigenvalue weighted by atomic mass is 10.0. The first kappa shape index (κ1) is 19.0. The summed E-state index contributed by atoms with van der Waals surface area (Å²) in [5, 5.41) is 0. The third kappa shape index (κ3) is 4.21. The average molecular weight is 349 g/mol. The van der Waals surface area contributed by atoms with Gasteiger partial charge < -0.3 is 19.5 Å². The van der Waals surface area contributed by atoms with E-state index in [1.807, 2.05) is 27.7 Å². The van der Waals surface area contributed by atoms with Crippen molar-refractivity contribution in [3.8, 4) is 0 Å². The minimum Gasteiger partial charge on any atom is -0.444 e. The molecule has 0 aliphatic carbocycles. The highest BCUT2D eigenvalue weighted by Crippen LogP contribution is 2.24. The van der Waals surface area contributed by atoms with E-state index in [9.17, 15) is 14.4 Å². The third-order valence-electron chi connectivity index (χ3n) is 4.29. The molecule has 1 aliphatic rings. The van der Waals surface area contributed by atoms with Gasteiger partial charge in [0.05, 0.1) is 11.3 Å².